The fourth-order valence-electron chi connectivity index (χ4n) is 7.38. The lowest BCUT2D eigenvalue weighted by molar-refractivity contribution is 0.669. The number of hydrogen-bond acceptors (Lipinski definition) is 3. The van der Waals surface area contributed by atoms with Gasteiger partial charge in [0.05, 0.1) is 11.2 Å². The summed E-state index contributed by atoms with van der Waals surface area (Å²) >= 11 is 0. The second kappa shape index (κ2) is 11.2. The van der Waals surface area contributed by atoms with Crippen LogP contribution >= 0.6 is 0 Å². The highest BCUT2D eigenvalue weighted by atomic mass is 16.3. The maximum absolute atomic E-state index is 6.52. The number of allylic oxidation sites excluding steroid dienone is 4. The summed E-state index contributed by atoms with van der Waals surface area (Å²) in [6, 6.07) is 40.9. The second-order valence-corrected chi connectivity index (χ2v) is 13.1. The average Bonchev–Trinajstić information content (AvgIpc) is 3.50. The Kier molecular flexibility index (Phi) is 6.62. The van der Waals surface area contributed by atoms with Crippen LogP contribution in [-0.4, -0.2) is 9.97 Å². The highest BCUT2D eigenvalue weighted by Crippen LogP contribution is 2.40. The molecule has 0 aliphatic heterocycles. The molecule has 8 aromatic rings. The summed E-state index contributed by atoms with van der Waals surface area (Å²) in [4.78, 5) is 10.3. The van der Waals surface area contributed by atoms with Gasteiger partial charge in [-0.15, -0.1) is 0 Å². The number of aryl methyl sites for hydroxylation is 2. The molecule has 230 valence electrons. The summed E-state index contributed by atoms with van der Waals surface area (Å²) in [5.74, 6) is 1.25. The van der Waals surface area contributed by atoms with Crippen LogP contribution in [0.3, 0.4) is 0 Å². The Bertz CT molecular complexity index is 2640. The maximum Gasteiger partial charge on any atom is 0.161 e. The molecule has 48 heavy (non-hydrogen) atoms. The zero-order valence-corrected chi connectivity index (χ0v) is 27.3. The molecule has 1 atom stereocenters. The maximum atomic E-state index is 6.52. The predicted molar refractivity (Wildman–Crippen MR) is 201 cm³/mol. The molecule has 0 spiro atoms. The average molecular weight is 619 g/mol. The molecular weight excluding hydrogens is 585 g/mol. The molecule has 0 saturated carbocycles. The lowest BCUT2D eigenvalue weighted by Gasteiger charge is -2.14. The molecule has 1 aliphatic rings. The predicted octanol–water partition coefficient (Wildman–Crippen LogP) is 12.3. The van der Waals surface area contributed by atoms with Crippen LogP contribution in [0, 0.1) is 19.8 Å². The molecule has 3 heteroatoms. The quantitative estimate of drug-likeness (QED) is 0.197. The fraction of sp³-hybridized carbons (Fsp3) is 0.111. The smallest absolute Gasteiger partial charge is 0.161 e. The first kappa shape index (κ1) is 28.4. The van der Waals surface area contributed by atoms with E-state index in [0.29, 0.717) is 11.7 Å². The van der Waals surface area contributed by atoms with E-state index in [9.17, 15) is 0 Å². The number of nitrogens with zero attached hydrogens (tertiary/aromatic N) is 2. The van der Waals surface area contributed by atoms with Crippen LogP contribution in [0.4, 0.5) is 0 Å². The van der Waals surface area contributed by atoms with Crippen LogP contribution in [0.2, 0.25) is 0 Å². The number of rotatable bonds is 4. The Labute approximate surface area is 279 Å². The Balaban J connectivity index is 1.13. The van der Waals surface area contributed by atoms with Crippen molar-refractivity contribution in [2.45, 2.75) is 27.2 Å². The van der Waals surface area contributed by atoms with Gasteiger partial charge in [0.15, 0.2) is 5.82 Å². The van der Waals surface area contributed by atoms with Crippen molar-refractivity contribution in [1.82, 2.24) is 9.97 Å². The zero-order chi connectivity index (χ0) is 32.4. The van der Waals surface area contributed by atoms with E-state index in [1.165, 1.54) is 38.6 Å². The normalized spacial score (nSPS) is 14.7. The lowest BCUT2D eigenvalue weighted by Crippen LogP contribution is -2.00. The number of fused-ring (bicyclic) bond motifs is 5. The minimum absolute atomic E-state index is 0.535. The van der Waals surface area contributed by atoms with Crippen molar-refractivity contribution in [3.05, 3.63) is 150 Å². The third-order valence-electron chi connectivity index (χ3n) is 9.98. The van der Waals surface area contributed by atoms with E-state index in [-0.39, 0.29) is 0 Å². The zero-order valence-electron chi connectivity index (χ0n) is 27.3. The lowest BCUT2D eigenvalue weighted by atomic mass is 9.91. The number of para-hydroxylation sites is 1. The molecule has 1 unspecified atom stereocenters. The first-order chi connectivity index (χ1) is 23.5. The minimum atomic E-state index is 0.535. The van der Waals surface area contributed by atoms with Gasteiger partial charge in [0.2, 0.25) is 0 Å². The molecule has 0 N–H and O–H groups in total. The van der Waals surface area contributed by atoms with Gasteiger partial charge in [0.1, 0.15) is 11.2 Å². The molecule has 2 heterocycles. The largest absolute Gasteiger partial charge is 0.456 e. The molecule has 0 radical (unpaired) electrons. The highest BCUT2D eigenvalue weighted by molar-refractivity contribution is 6.13. The second-order valence-electron chi connectivity index (χ2n) is 13.1. The SMILES string of the molecule is Cc1cc(-c2ccc3c(c2)oc2cccc(-c4nc(C5=CCC(C)C=C5)c5ccccc5n4)c23)ccc1-c1ccc2ccccc2c1C. The van der Waals surface area contributed by atoms with Crippen molar-refractivity contribution >= 4 is 49.2 Å². The molecule has 3 nitrogen and oxygen atoms in total. The number of hydrogen-bond donors (Lipinski definition) is 0. The summed E-state index contributed by atoms with van der Waals surface area (Å²) in [6.45, 7) is 6.67. The molecule has 0 saturated heterocycles. The topological polar surface area (TPSA) is 38.9 Å². The third kappa shape index (κ3) is 4.65. The van der Waals surface area contributed by atoms with Gasteiger partial charge in [-0.25, -0.2) is 9.97 Å². The van der Waals surface area contributed by atoms with E-state index in [0.717, 1.165) is 61.7 Å². The van der Waals surface area contributed by atoms with Crippen molar-refractivity contribution in [2.24, 2.45) is 5.92 Å². The van der Waals surface area contributed by atoms with Crippen LogP contribution in [0.5, 0.6) is 0 Å². The number of benzene rings is 6. The molecular formula is C45H34N2O. The van der Waals surface area contributed by atoms with Gasteiger partial charge in [-0.05, 0) is 100 Å². The summed E-state index contributed by atoms with van der Waals surface area (Å²) < 4.78 is 6.52. The van der Waals surface area contributed by atoms with Crippen molar-refractivity contribution in [3.8, 4) is 33.6 Å². The van der Waals surface area contributed by atoms with Gasteiger partial charge < -0.3 is 4.42 Å². The molecule has 9 rings (SSSR count). The van der Waals surface area contributed by atoms with E-state index in [1.807, 2.05) is 18.2 Å². The first-order valence-electron chi connectivity index (χ1n) is 16.7. The molecule has 2 aromatic heterocycles. The van der Waals surface area contributed by atoms with E-state index in [4.69, 9.17) is 14.4 Å². The van der Waals surface area contributed by atoms with Crippen molar-refractivity contribution in [3.63, 3.8) is 0 Å². The van der Waals surface area contributed by atoms with Gasteiger partial charge in [0, 0.05) is 21.7 Å². The van der Waals surface area contributed by atoms with Crippen molar-refractivity contribution in [1.29, 1.82) is 0 Å². The number of aromatic nitrogens is 2. The van der Waals surface area contributed by atoms with Crippen LogP contribution < -0.4 is 0 Å². The molecule has 1 aliphatic carbocycles. The summed E-state index contributed by atoms with van der Waals surface area (Å²) in [7, 11) is 0. The highest BCUT2D eigenvalue weighted by Gasteiger charge is 2.19. The fourth-order valence-corrected chi connectivity index (χ4v) is 7.38. The van der Waals surface area contributed by atoms with E-state index in [1.54, 1.807) is 0 Å². The van der Waals surface area contributed by atoms with Crippen LogP contribution in [0.15, 0.2) is 138 Å². The minimum Gasteiger partial charge on any atom is -0.456 e. The van der Waals surface area contributed by atoms with Crippen molar-refractivity contribution < 1.29 is 4.42 Å². The van der Waals surface area contributed by atoms with Crippen molar-refractivity contribution in [2.75, 3.05) is 0 Å². The summed E-state index contributed by atoms with van der Waals surface area (Å²) in [5, 5.41) is 5.75. The standard InChI is InChI=1S/C45H34N2O/c1-27-15-17-31(18-16-27)44-37-11-6-7-13-40(37)46-45(47-44)39-12-8-14-41-43(39)38-24-21-33(26-42(38)48-41)32-20-22-34(28(2)25-32)36-23-19-30-9-4-5-10-35(30)29(36)3/h4-15,17-27H,16H2,1-3H3. The van der Waals surface area contributed by atoms with E-state index in [2.05, 4.69) is 136 Å². The van der Waals surface area contributed by atoms with E-state index < -0.39 is 0 Å². The Hall–Kier alpha value is -5.80. The molecule has 6 aromatic carbocycles. The van der Waals surface area contributed by atoms with Crippen LogP contribution in [-0.2, 0) is 0 Å². The first-order valence-corrected chi connectivity index (χ1v) is 16.7. The van der Waals surface area contributed by atoms with Gasteiger partial charge >= 0.3 is 0 Å². The van der Waals surface area contributed by atoms with Gasteiger partial charge in [-0.1, -0.05) is 116 Å². The van der Waals surface area contributed by atoms with Gasteiger partial charge in [0.25, 0.3) is 0 Å². The van der Waals surface area contributed by atoms with E-state index >= 15 is 0 Å². The summed E-state index contributed by atoms with van der Waals surface area (Å²) in [6.07, 6.45) is 7.79. The molecule has 0 bridgehead atoms. The Morgan fingerprint density at radius 1 is 0.646 bits per heavy atom. The van der Waals surface area contributed by atoms with Gasteiger partial charge in [-0.2, -0.15) is 0 Å². The Morgan fingerprint density at radius 2 is 1.44 bits per heavy atom. The third-order valence-corrected chi connectivity index (χ3v) is 9.98. The Morgan fingerprint density at radius 3 is 2.29 bits per heavy atom. The summed E-state index contributed by atoms with van der Waals surface area (Å²) in [5.41, 5.74) is 13.1. The van der Waals surface area contributed by atoms with Crippen LogP contribution in [0.1, 0.15) is 30.2 Å². The number of furan rings is 1. The van der Waals surface area contributed by atoms with Crippen LogP contribution in [0.25, 0.3) is 82.8 Å². The molecule has 0 fully saturated rings. The monoisotopic (exact) mass is 618 g/mol. The van der Waals surface area contributed by atoms with Gasteiger partial charge in [-0.3, -0.25) is 0 Å². The molecule has 0 amide bonds.